The van der Waals surface area contributed by atoms with Crippen LogP contribution in [0.5, 0.6) is 5.75 Å². The smallest absolute Gasteiger partial charge is 0.491 e. The lowest BCUT2D eigenvalue weighted by molar-refractivity contribution is -0.219. The zero-order chi connectivity index (χ0) is 29.1. The molecule has 2 saturated heterocycles. The van der Waals surface area contributed by atoms with Crippen LogP contribution in [0.25, 0.3) is 0 Å². The van der Waals surface area contributed by atoms with E-state index in [1.165, 1.54) is 11.0 Å². The van der Waals surface area contributed by atoms with Gasteiger partial charge in [0.25, 0.3) is 0 Å². The average Bonchev–Trinajstić information content (AvgIpc) is 3.23. The molecule has 0 aliphatic carbocycles. The SMILES string of the molecule is CC(C)COc1ccccc1CN1CCC2(CC1)CCN(C(=O)Cc1ccc(Cl)cc1Cl)C2OC(=O)C(F)(F)F. The number of hydrogen-bond donors (Lipinski definition) is 0. The summed E-state index contributed by atoms with van der Waals surface area (Å²) >= 11 is 12.2. The van der Waals surface area contributed by atoms with Crippen molar-refractivity contribution in [2.24, 2.45) is 11.3 Å². The van der Waals surface area contributed by atoms with Crippen molar-refractivity contribution in [2.75, 3.05) is 26.2 Å². The van der Waals surface area contributed by atoms with E-state index in [4.69, 9.17) is 32.7 Å². The number of ether oxygens (including phenoxy) is 2. The van der Waals surface area contributed by atoms with Crippen LogP contribution in [0.15, 0.2) is 42.5 Å². The van der Waals surface area contributed by atoms with Crippen molar-refractivity contribution < 1.29 is 32.2 Å². The Bertz CT molecular complexity index is 1220. The Kier molecular flexibility index (Phi) is 9.58. The molecule has 6 nitrogen and oxygen atoms in total. The summed E-state index contributed by atoms with van der Waals surface area (Å²) in [5, 5.41) is 0.684. The number of benzene rings is 2. The average molecular weight is 601 g/mol. The summed E-state index contributed by atoms with van der Waals surface area (Å²) < 4.78 is 50.8. The first-order valence-corrected chi connectivity index (χ1v) is 14.1. The van der Waals surface area contributed by atoms with E-state index in [-0.39, 0.29) is 18.0 Å². The number of alkyl halides is 3. The zero-order valence-corrected chi connectivity index (χ0v) is 24.0. The number of carbonyl (C=O) groups is 2. The van der Waals surface area contributed by atoms with Gasteiger partial charge < -0.3 is 14.4 Å². The van der Waals surface area contributed by atoms with Gasteiger partial charge in [0.2, 0.25) is 5.91 Å². The van der Waals surface area contributed by atoms with Crippen molar-refractivity contribution >= 4 is 35.1 Å². The number of nitrogens with zero attached hydrogens (tertiary/aromatic N) is 2. The third kappa shape index (κ3) is 7.22. The number of para-hydroxylation sites is 1. The summed E-state index contributed by atoms with van der Waals surface area (Å²) in [5.41, 5.74) is 0.748. The lowest BCUT2D eigenvalue weighted by atomic mass is 9.76. The second-order valence-electron chi connectivity index (χ2n) is 11.0. The summed E-state index contributed by atoms with van der Waals surface area (Å²) in [4.78, 5) is 28.8. The number of hydrogen-bond acceptors (Lipinski definition) is 5. The summed E-state index contributed by atoms with van der Waals surface area (Å²) in [6.07, 6.45) is -5.25. The van der Waals surface area contributed by atoms with Crippen LogP contribution in [-0.2, 0) is 27.3 Å². The lowest BCUT2D eigenvalue weighted by Gasteiger charge is -2.43. The normalized spacial score (nSPS) is 19.3. The third-order valence-corrected chi connectivity index (χ3v) is 8.16. The number of esters is 1. The molecule has 0 saturated carbocycles. The summed E-state index contributed by atoms with van der Waals surface area (Å²) in [6.45, 7) is 6.70. The third-order valence-electron chi connectivity index (χ3n) is 7.58. The molecule has 2 heterocycles. The minimum atomic E-state index is -5.17. The Balaban J connectivity index is 1.48. The number of piperidine rings is 1. The number of rotatable bonds is 8. The molecule has 1 spiro atoms. The Labute approximate surface area is 242 Å². The molecule has 0 radical (unpaired) electrons. The van der Waals surface area contributed by atoms with Gasteiger partial charge in [0.15, 0.2) is 6.23 Å². The summed E-state index contributed by atoms with van der Waals surface area (Å²) in [5.74, 6) is -1.56. The van der Waals surface area contributed by atoms with E-state index in [1.54, 1.807) is 12.1 Å². The van der Waals surface area contributed by atoms with Gasteiger partial charge in [-0.3, -0.25) is 9.69 Å². The van der Waals surface area contributed by atoms with Crippen molar-refractivity contribution in [3.8, 4) is 5.75 Å². The summed E-state index contributed by atoms with van der Waals surface area (Å²) in [6, 6.07) is 12.5. The van der Waals surface area contributed by atoms with Crippen LogP contribution in [0.1, 0.15) is 44.2 Å². The van der Waals surface area contributed by atoms with Crippen LogP contribution < -0.4 is 4.74 Å². The second-order valence-corrected chi connectivity index (χ2v) is 11.8. The van der Waals surface area contributed by atoms with Crippen molar-refractivity contribution in [1.29, 1.82) is 0 Å². The number of halogens is 5. The molecule has 0 aromatic heterocycles. The number of carbonyl (C=O) groups excluding carboxylic acids is 2. The molecule has 4 rings (SSSR count). The van der Waals surface area contributed by atoms with Gasteiger partial charge in [0.05, 0.1) is 13.0 Å². The molecular formula is C29H33Cl2F3N2O4. The molecule has 218 valence electrons. The minimum Gasteiger partial charge on any atom is -0.493 e. The van der Waals surface area contributed by atoms with Crippen LogP contribution in [0.4, 0.5) is 13.2 Å². The van der Waals surface area contributed by atoms with Crippen LogP contribution in [-0.4, -0.2) is 60.3 Å². The van der Waals surface area contributed by atoms with Gasteiger partial charge in [0, 0.05) is 34.1 Å². The van der Waals surface area contributed by atoms with Crippen molar-refractivity contribution in [2.45, 2.75) is 58.5 Å². The fourth-order valence-corrected chi connectivity index (χ4v) is 5.86. The molecule has 0 bridgehead atoms. The van der Waals surface area contributed by atoms with E-state index >= 15 is 0 Å². The Morgan fingerprint density at radius 3 is 2.35 bits per heavy atom. The monoisotopic (exact) mass is 600 g/mol. The topological polar surface area (TPSA) is 59.1 Å². The van der Waals surface area contributed by atoms with Gasteiger partial charge in [-0.25, -0.2) is 4.79 Å². The molecule has 40 heavy (non-hydrogen) atoms. The molecule has 2 aromatic rings. The van der Waals surface area contributed by atoms with E-state index < -0.39 is 29.7 Å². The van der Waals surface area contributed by atoms with Gasteiger partial charge >= 0.3 is 12.1 Å². The largest absolute Gasteiger partial charge is 0.493 e. The molecule has 2 aromatic carbocycles. The lowest BCUT2D eigenvalue weighted by Crippen LogP contribution is -2.51. The molecule has 1 amide bonds. The van der Waals surface area contributed by atoms with E-state index in [0.717, 1.165) is 11.3 Å². The minimum absolute atomic E-state index is 0.147. The molecule has 1 unspecified atom stereocenters. The predicted octanol–water partition coefficient (Wildman–Crippen LogP) is 6.52. The predicted molar refractivity (Wildman–Crippen MR) is 146 cm³/mol. The Morgan fingerprint density at radius 1 is 1.02 bits per heavy atom. The van der Waals surface area contributed by atoms with Crippen LogP contribution in [0, 0.1) is 11.3 Å². The fourth-order valence-electron chi connectivity index (χ4n) is 5.38. The van der Waals surface area contributed by atoms with Gasteiger partial charge in [-0.15, -0.1) is 0 Å². The van der Waals surface area contributed by atoms with Crippen LogP contribution in [0.2, 0.25) is 10.0 Å². The van der Waals surface area contributed by atoms with Gasteiger partial charge in [-0.2, -0.15) is 13.2 Å². The number of amides is 1. The van der Waals surface area contributed by atoms with Crippen molar-refractivity contribution in [3.63, 3.8) is 0 Å². The maximum Gasteiger partial charge on any atom is 0.491 e. The molecule has 11 heteroatoms. The van der Waals surface area contributed by atoms with E-state index in [0.29, 0.717) is 62.0 Å². The highest BCUT2D eigenvalue weighted by atomic mass is 35.5. The van der Waals surface area contributed by atoms with Crippen LogP contribution >= 0.6 is 23.2 Å². The Hall–Kier alpha value is -2.49. The summed E-state index contributed by atoms with van der Waals surface area (Å²) in [7, 11) is 0. The first-order valence-electron chi connectivity index (χ1n) is 13.3. The van der Waals surface area contributed by atoms with Crippen molar-refractivity contribution in [1.82, 2.24) is 9.80 Å². The molecular weight excluding hydrogens is 568 g/mol. The molecule has 2 aliphatic heterocycles. The molecule has 0 N–H and O–H groups in total. The zero-order valence-electron chi connectivity index (χ0n) is 22.5. The Morgan fingerprint density at radius 2 is 1.70 bits per heavy atom. The quantitative estimate of drug-likeness (QED) is 0.323. The van der Waals surface area contributed by atoms with Crippen LogP contribution in [0.3, 0.4) is 0 Å². The first-order chi connectivity index (χ1) is 18.9. The maximum absolute atomic E-state index is 13.3. The first kappa shape index (κ1) is 30.5. The highest BCUT2D eigenvalue weighted by molar-refractivity contribution is 6.35. The highest BCUT2D eigenvalue weighted by Crippen LogP contribution is 2.47. The fraction of sp³-hybridized carbons (Fsp3) is 0.517. The van der Waals surface area contributed by atoms with Gasteiger partial charge in [-0.1, -0.05) is 61.3 Å². The van der Waals surface area contributed by atoms with Gasteiger partial charge in [0.1, 0.15) is 5.75 Å². The standard InChI is InChI=1S/C29H33Cl2F3N2O4/c1-19(2)18-39-24-6-4-3-5-21(24)17-35-12-9-28(10-13-35)11-14-36(26(28)40-27(38)29(32,33)34)25(37)15-20-7-8-22(30)16-23(20)31/h3-8,16,19,26H,9-15,17-18H2,1-2H3. The van der Waals surface area contributed by atoms with E-state index in [2.05, 4.69) is 18.7 Å². The maximum atomic E-state index is 13.3. The van der Waals surface area contributed by atoms with Crippen molar-refractivity contribution in [3.05, 3.63) is 63.6 Å². The number of likely N-dealkylation sites (tertiary alicyclic amines) is 2. The van der Waals surface area contributed by atoms with E-state index in [1.807, 2.05) is 24.3 Å². The van der Waals surface area contributed by atoms with Gasteiger partial charge in [-0.05, 0) is 62.0 Å². The highest BCUT2D eigenvalue weighted by Gasteiger charge is 2.55. The second kappa shape index (κ2) is 12.6. The molecule has 2 fully saturated rings. The van der Waals surface area contributed by atoms with E-state index in [9.17, 15) is 22.8 Å². The molecule has 2 aliphatic rings. The molecule has 1 atom stereocenters.